The molecule has 3 nitrogen and oxygen atoms in total. The summed E-state index contributed by atoms with van der Waals surface area (Å²) < 4.78 is 37.0. The highest BCUT2D eigenvalue weighted by Crippen LogP contribution is 2.35. The summed E-state index contributed by atoms with van der Waals surface area (Å²) in [4.78, 5) is 12.1. The van der Waals surface area contributed by atoms with Crippen LogP contribution in [-0.4, -0.2) is 18.6 Å². The number of alkyl halides is 3. The van der Waals surface area contributed by atoms with Crippen molar-refractivity contribution in [3.05, 3.63) is 28.6 Å². The van der Waals surface area contributed by atoms with Crippen molar-refractivity contribution in [2.24, 2.45) is 0 Å². The van der Waals surface area contributed by atoms with Gasteiger partial charge in [0.2, 0.25) is 0 Å². The van der Waals surface area contributed by atoms with Gasteiger partial charge in [-0.25, -0.2) is 0 Å². The molecule has 0 saturated carbocycles. The van der Waals surface area contributed by atoms with E-state index in [0.717, 1.165) is 15.6 Å². The Kier molecular flexibility index (Phi) is 3.89. The Morgan fingerprint density at radius 1 is 1.40 bits per heavy atom. The third kappa shape index (κ3) is 3.04. The fourth-order valence-electron chi connectivity index (χ4n) is 1.85. The number of amides is 1. The molecule has 1 heterocycles. The third-order valence-electron chi connectivity index (χ3n) is 2.85. The SMILES string of the molecule is Cc1cccc2c(N)c(C(=O)NCCC(F)(F)F)sc12. The summed E-state index contributed by atoms with van der Waals surface area (Å²) in [6, 6.07) is 5.51. The number of carbonyl (C=O) groups excluding carboxylic acids is 1. The van der Waals surface area contributed by atoms with Gasteiger partial charge in [0, 0.05) is 16.6 Å². The van der Waals surface area contributed by atoms with Gasteiger partial charge in [-0.3, -0.25) is 4.79 Å². The first-order valence-electron chi connectivity index (χ1n) is 5.92. The number of nitrogens with two attached hydrogens (primary N) is 1. The van der Waals surface area contributed by atoms with E-state index < -0.39 is 25.0 Å². The monoisotopic (exact) mass is 302 g/mol. The Bertz CT molecular complexity index is 649. The molecule has 2 aromatic rings. The Morgan fingerprint density at radius 3 is 2.70 bits per heavy atom. The summed E-state index contributed by atoms with van der Waals surface area (Å²) >= 11 is 1.20. The van der Waals surface area contributed by atoms with Crippen molar-refractivity contribution in [1.29, 1.82) is 0 Å². The molecule has 1 aromatic carbocycles. The van der Waals surface area contributed by atoms with Gasteiger partial charge >= 0.3 is 6.18 Å². The highest BCUT2D eigenvalue weighted by molar-refractivity contribution is 7.21. The molecule has 0 aliphatic carbocycles. The lowest BCUT2D eigenvalue weighted by molar-refractivity contribution is -0.132. The number of benzene rings is 1. The van der Waals surface area contributed by atoms with Gasteiger partial charge in [0.15, 0.2) is 0 Å². The van der Waals surface area contributed by atoms with Crippen molar-refractivity contribution in [2.75, 3.05) is 12.3 Å². The Hall–Kier alpha value is -1.76. The van der Waals surface area contributed by atoms with Crippen molar-refractivity contribution in [2.45, 2.75) is 19.5 Å². The van der Waals surface area contributed by atoms with Crippen LogP contribution in [0.5, 0.6) is 0 Å². The molecule has 0 aliphatic rings. The predicted molar refractivity (Wildman–Crippen MR) is 74.0 cm³/mol. The highest BCUT2D eigenvalue weighted by atomic mass is 32.1. The predicted octanol–water partition coefficient (Wildman–Crippen LogP) is 3.47. The Morgan fingerprint density at radius 2 is 2.10 bits per heavy atom. The van der Waals surface area contributed by atoms with Crippen LogP contribution >= 0.6 is 11.3 Å². The van der Waals surface area contributed by atoms with Gasteiger partial charge in [-0.05, 0) is 12.5 Å². The minimum Gasteiger partial charge on any atom is -0.397 e. The van der Waals surface area contributed by atoms with Crippen LogP contribution in [0.2, 0.25) is 0 Å². The second kappa shape index (κ2) is 5.32. The molecule has 3 N–H and O–H groups in total. The summed E-state index contributed by atoms with van der Waals surface area (Å²) in [5, 5.41) is 3.01. The molecule has 108 valence electrons. The van der Waals surface area contributed by atoms with Gasteiger partial charge in [0.05, 0.1) is 12.1 Å². The number of anilines is 1. The van der Waals surface area contributed by atoms with Crippen LogP contribution in [0, 0.1) is 6.92 Å². The minimum atomic E-state index is -4.28. The van der Waals surface area contributed by atoms with E-state index in [1.54, 1.807) is 6.07 Å². The average molecular weight is 302 g/mol. The maximum atomic E-state index is 12.0. The van der Waals surface area contributed by atoms with Gasteiger partial charge in [0.25, 0.3) is 5.91 Å². The topological polar surface area (TPSA) is 55.1 Å². The number of aryl methyl sites for hydroxylation is 1. The van der Waals surface area contributed by atoms with Crippen LogP contribution in [0.15, 0.2) is 18.2 Å². The second-order valence-electron chi connectivity index (χ2n) is 4.42. The molecular weight excluding hydrogens is 289 g/mol. The number of nitrogens with one attached hydrogen (secondary N) is 1. The van der Waals surface area contributed by atoms with Crippen LogP contribution in [0.3, 0.4) is 0 Å². The van der Waals surface area contributed by atoms with E-state index >= 15 is 0 Å². The highest BCUT2D eigenvalue weighted by Gasteiger charge is 2.27. The summed E-state index contributed by atoms with van der Waals surface area (Å²) in [5.74, 6) is -0.563. The number of thiophene rings is 1. The van der Waals surface area contributed by atoms with Gasteiger partial charge in [-0.1, -0.05) is 18.2 Å². The first-order chi connectivity index (χ1) is 9.29. The largest absolute Gasteiger partial charge is 0.397 e. The lowest BCUT2D eigenvalue weighted by atomic mass is 10.1. The van der Waals surface area contributed by atoms with Crippen LogP contribution in [-0.2, 0) is 0 Å². The summed E-state index contributed by atoms with van der Waals surface area (Å²) in [6.07, 6.45) is -5.34. The van der Waals surface area contributed by atoms with Crippen molar-refractivity contribution in [3.8, 4) is 0 Å². The maximum Gasteiger partial charge on any atom is 0.390 e. The van der Waals surface area contributed by atoms with Crippen molar-refractivity contribution < 1.29 is 18.0 Å². The van der Waals surface area contributed by atoms with Crippen molar-refractivity contribution >= 4 is 33.0 Å². The van der Waals surface area contributed by atoms with E-state index in [1.165, 1.54) is 11.3 Å². The standard InChI is InChI=1S/C13H13F3N2OS/c1-7-3-2-4-8-9(17)11(20-10(7)8)12(19)18-6-5-13(14,15)16/h2-4H,5-6,17H2,1H3,(H,18,19). The molecular formula is C13H13F3N2OS. The second-order valence-corrected chi connectivity index (χ2v) is 5.44. The molecule has 0 bridgehead atoms. The molecule has 2 rings (SSSR count). The quantitative estimate of drug-likeness (QED) is 0.912. The summed E-state index contributed by atoms with van der Waals surface area (Å²) in [5.41, 5.74) is 7.19. The van der Waals surface area contributed by atoms with Gasteiger partial charge in [-0.15, -0.1) is 11.3 Å². The zero-order valence-corrected chi connectivity index (χ0v) is 11.5. The number of halogens is 3. The molecule has 1 amide bonds. The zero-order valence-electron chi connectivity index (χ0n) is 10.7. The van der Waals surface area contributed by atoms with Crippen LogP contribution in [0.1, 0.15) is 21.7 Å². The number of fused-ring (bicyclic) bond motifs is 1. The van der Waals surface area contributed by atoms with Crippen LogP contribution < -0.4 is 11.1 Å². The first-order valence-corrected chi connectivity index (χ1v) is 6.74. The number of rotatable bonds is 3. The number of carbonyl (C=O) groups is 1. The molecule has 0 spiro atoms. The molecule has 0 radical (unpaired) electrons. The molecule has 0 atom stereocenters. The molecule has 0 aliphatic heterocycles. The Labute approximate surface area is 117 Å². The van der Waals surface area contributed by atoms with Crippen LogP contribution in [0.25, 0.3) is 10.1 Å². The van der Waals surface area contributed by atoms with E-state index in [4.69, 9.17) is 5.73 Å². The lowest BCUT2D eigenvalue weighted by Crippen LogP contribution is -2.27. The smallest absolute Gasteiger partial charge is 0.390 e. The summed E-state index contributed by atoms with van der Waals surface area (Å²) in [7, 11) is 0. The number of nitrogen functional groups attached to an aromatic ring is 1. The molecule has 7 heteroatoms. The zero-order chi connectivity index (χ0) is 14.9. The van der Waals surface area contributed by atoms with E-state index in [0.29, 0.717) is 5.69 Å². The average Bonchev–Trinajstić information content (AvgIpc) is 2.67. The van der Waals surface area contributed by atoms with Gasteiger partial charge in [-0.2, -0.15) is 13.2 Å². The van der Waals surface area contributed by atoms with E-state index in [9.17, 15) is 18.0 Å². The first kappa shape index (κ1) is 14.6. The minimum absolute atomic E-state index is 0.261. The summed E-state index contributed by atoms with van der Waals surface area (Å²) in [6.45, 7) is 1.44. The normalized spacial score (nSPS) is 11.8. The van der Waals surface area contributed by atoms with Crippen molar-refractivity contribution in [1.82, 2.24) is 5.32 Å². The molecule has 20 heavy (non-hydrogen) atoms. The molecule has 0 saturated heterocycles. The molecule has 1 aromatic heterocycles. The maximum absolute atomic E-state index is 12.0. The van der Waals surface area contributed by atoms with E-state index in [1.807, 2.05) is 19.1 Å². The number of hydrogen-bond acceptors (Lipinski definition) is 3. The van der Waals surface area contributed by atoms with E-state index in [2.05, 4.69) is 5.32 Å². The number of hydrogen-bond donors (Lipinski definition) is 2. The molecule has 0 unspecified atom stereocenters. The Balaban J connectivity index is 2.19. The van der Waals surface area contributed by atoms with Crippen molar-refractivity contribution in [3.63, 3.8) is 0 Å². The van der Waals surface area contributed by atoms with E-state index in [-0.39, 0.29) is 4.88 Å². The fraction of sp³-hybridized carbons (Fsp3) is 0.308. The van der Waals surface area contributed by atoms with Gasteiger partial charge < -0.3 is 11.1 Å². The van der Waals surface area contributed by atoms with Crippen LogP contribution in [0.4, 0.5) is 18.9 Å². The van der Waals surface area contributed by atoms with Gasteiger partial charge in [0.1, 0.15) is 4.88 Å². The fourth-order valence-corrected chi connectivity index (χ4v) is 2.95. The molecule has 0 fully saturated rings. The lowest BCUT2D eigenvalue weighted by Gasteiger charge is -2.07. The third-order valence-corrected chi connectivity index (χ3v) is 4.21.